The minimum atomic E-state index is -4.77. The van der Waals surface area contributed by atoms with Gasteiger partial charge in [-0.05, 0) is 45.2 Å². The van der Waals surface area contributed by atoms with Gasteiger partial charge in [0, 0.05) is 18.8 Å². The van der Waals surface area contributed by atoms with Crippen molar-refractivity contribution in [2.45, 2.75) is 32.4 Å². The van der Waals surface area contributed by atoms with Gasteiger partial charge < -0.3 is 19.7 Å². The van der Waals surface area contributed by atoms with Crippen LogP contribution in [0.3, 0.4) is 0 Å². The Morgan fingerprint density at radius 2 is 1.75 bits per heavy atom. The maximum absolute atomic E-state index is 12.4. The first-order valence-electron chi connectivity index (χ1n) is 8.79. The normalized spacial score (nSPS) is 20.2. The topological polar surface area (TPSA) is 71.1 Å². The van der Waals surface area contributed by atoms with Gasteiger partial charge in [-0.2, -0.15) is 0 Å². The minimum absolute atomic E-state index is 0.0365. The summed E-state index contributed by atoms with van der Waals surface area (Å²) >= 11 is 0. The summed E-state index contributed by atoms with van der Waals surface area (Å²) in [5.74, 6) is -0.850. The van der Waals surface area contributed by atoms with Gasteiger partial charge in [-0.25, -0.2) is 0 Å². The average Bonchev–Trinajstić information content (AvgIpc) is 2.54. The Hall–Kier alpha value is -2.33. The lowest BCUT2D eigenvalue weighted by Gasteiger charge is -2.36. The lowest BCUT2D eigenvalue weighted by atomic mass is 10.2. The van der Waals surface area contributed by atoms with Crippen molar-refractivity contribution in [2.75, 3.05) is 38.5 Å². The molecule has 1 aromatic rings. The van der Waals surface area contributed by atoms with Crippen molar-refractivity contribution in [3.8, 4) is 5.75 Å². The van der Waals surface area contributed by atoms with Gasteiger partial charge in [0.15, 0.2) is 0 Å². The summed E-state index contributed by atoms with van der Waals surface area (Å²) in [7, 11) is 1.64. The smallest absolute Gasteiger partial charge is 0.406 e. The number of nitrogens with zero attached hydrogens (tertiary/aromatic N) is 2. The molecule has 0 aromatic heterocycles. The zero-order chi connectivity index (χ0) is 20.9. The van der Waals surface area contributed by atoms with Crippen LogP contribution in [-0.2, 0) is 14.3 Å². The summed E-state index contributed by atoms with van der Waals surface area (Å²) in [6.07, 6.45) is -4.84. The molecule has 1 fully saturated rings. The van der Waals surface area contributed by atoms with Crippen LogP contribution in [0.5, 0.6) is 5.75 Å². The molecule has 2 rings (SSSR count). The number of benzene rings is 1. The molecule has 1 saturated heterocycles. The molecule has 1 N–H and O–H groups in total. The third-order valence-corrected chi connectivity index (χ3v) is 3.96. The fourth-order valence-electron chi connectivity index (χ4n) is 2.95. The summed E-state index contributed by atoms with van der Waals surface area (Å²) in [4.78, 5) is 27.8. The first-order chi connectivity index (χ1) is 13.0. The number of likely N-dealkylation sites (N-methyl/N-ethyl adjacent to an activating group) is 1. The number of carbonyl (C=O) groups excluding carboxylic acids is 2. The van der Waals surface area contributed by atoms with E-state index in [2.05, 4.69) is 10.1 Å². The molecular formula is C18H24F3N3O4. The summed E-state index contributed by atoms with van der Waals surface area (Å²) in [6.45, 7) is 4.86. The van der Waals surface area contributed by atoms with Crippen LogP contribution < -0.4 is 10.1 Å². The van der Waals surface area contributed by atoms with Crippen LogP contribution in [0.15, 0.2) is 24.3 Å². The molecule has 28 heavy (non-hydrogen) atoms. The molecule has 1 aliphatic heterocycles. The minimum Gasteiger partial charge on any atom is -0.406 e. The summed E-state index contributed by atoms with van der Waals surface area (Å²) in [5, 5.41) is 2.57. The summed E-state index contributed by atoms with van der Waals surface area (Å²) < 4.78 is 45.8. The molecule has 1 aliphatic rings. The van der Waals surface area contributed by atoms with Crippen LogP contribution >= 0.6 is 0 Å². The first-order valence-corrected chi connectivity index (χ1v) is 8.79. The second-order valence-corrected chi connectivity index (χ2v) is 6.85. The largest absolute Gasteiger partial charge is 0.573 e. The number of alkyl halides is 3. The van der Waals surface area contributed by atoms with E-state index in [0.717, 1.165) is 12.1 Å². The number of hydrogen-bond acceptors (Lipinski definition) is 5. The SMILES string of the molecule is C[C@@H]1CN(C(=O)CN(C)CC(=O)Nc2ccc(OC(F)(F)F)cc2)C[C@H](C)O1. The van der Waals surface area contributed by atoms with Gasteiger partial charge in [0.2, 0.25) is 11.8 Å². The third kappa shape index (κ3) is 7.35. The molecule has 1 aromatic carbocycles. The first kappa shape index (κ1) is 22.0. The Bertz CT molecular complexity index is 672. The highest BCUT2D eigenvalue weighted by Gasteiger charge is 2.31. The number of rotatable bonds is 6. The van der Waals surface area contributed by atoms with Crippen LogP contribution in [0.2, 0.25) is 0 Å². The van der Waals surface area contributed by atoms with E-state index in [1.165, 1.54) is 12.1 Å². The molecule has 0 spiro atoms. The van der Waals surface area contributed by atoms with Crippen LogP contribution in [0.4, 0.5) is 18.9 Å². The molecule has 1 heterocycles. The van der Waals surface area contributed by atoms with Crippen molar-refractivity contribution in [1.82, 2.24) is 9.80 Å². The second-order valence-electron chi connectivity index (χ2n) is 6.85. The molecule has 7 nitrogen and oxygen atoms in total. The number of nitrogens with one attached hydrogen (secondary N) is 1. The van der Waals surface area contributed by atoms with E-state index in [0.29, 0.717) is 18.8 Å². The summed E-state index contributed by atoms with van der Waals surface area (Å²) in [6, 6.07) is 4.83. The Kier molecular flexibility index (Phi) is 7.25. The van der Waals surface area contributed by atoms with E-state index >= 15 is 0 Å². The van der Waals surface area contributed by atoms with Gasteiger partial charge in [-0.1, -0.05) is 0 Å². The number of carbonyl (C=O) groups is 2. The summed E-state index contributed by atoms with van der Waals surface area (Å²) in [5.41, 5.74) is 0.329. The quantitative estimate of drug-likeness (QED) is 0.788. The molecule has 0 saturated carbocycles. The molecule has 0 radical (unpaired) electrons. The van der Waals surface area contributed by atoms with Gasteiger partial charge in [0.1, 0.15) is 5.75 Å². The molecule has 0 unspecified atom stereocenters. The molecular weight excluding hydrogens is 379 g/mol. The van der Waals surface area contributed by atoms with E-state index in [1.54, 1.807) is 16.8 Å². The van der Waals surface area contributed by atoms with Gasteiger partial charge in [-0.15, -0.1) is 13.2 Å². The second kappa shape index (κ2) is 9.24. The van der Waals surface area contributed by atoms with Crippen molar-refractivity contribution in [3.63, 3.8) is 0 Å². The zero-order valence-electron chi connectivity index (χ0n) is 16.0. The van der Waals surface area contributed by atoms with Gasteiger partial charge in [0.25, 0.3) is 0 Å². The predicted molar refractivity (Wildman–Crippen MR) is 95.8 cm³/mol. The van der Waals surface area contributed by atoms with Crippen molar-refractivity contribution < 1.29 is 32.2 Å². The highest BCUT2D eigenvalue weighted by atomic mass is 19.4. The van der Waals surface area contributed by atoms with Crippen LogP contribution in [0.1, 0.15) is 13.8 Å². The molecule has 10 heteroatoms. The maximum Gasteiger partial charge on any atom is 0.573 e. The predicted octanol–water partition coefficient (Wildman–Crippen LogP) is 2.09. The van der Waals surface area contributed by atoms with E-state index in [4.69, 9.17) is 4.74 Å². The number of halogens is 3. The fourth-order valence-corrected chi connectivity index (χ4v) is 2.95. The van der Waals surface area contributed by atoms with Crippen LogP contribution in [0, 0.1) is 0 Å². The maximum atomic E-state index is 12.4. The molecule has 156 valence electrons. The Morgan fingerprint density at radius 1 is 1.18 bits per heavy atom. The molecule has 0 aliphatic carbocycles. The van der Waals surface area contributed by atoms with Gasteiger partial charge >= 0.3 is 6.36 Å². The number of anilines is 1. The average molecular weight is 403 g/mol. The zero-order valence-corrected chi connectivity index (χ0v) is 16.0. The van der Waals surface area contributed by atoms with Gasteiger partial charge in [-0.3, -0.25) is 14.5 Å². The Labute approximate surface area is 161 Å². The highest BCUT2D eigenvalue weighted by Crippen LogP contribution is 2.23. The highest BCUT2D eigenvalue weighted by molar-refractivity contribution is 5.92. The van der Waals surface area contributed by atoms with Crippen molar-refractivity contribution in [3.05, 3.63) is 24.3 Å². The van der Waals surface area contributed by atoms with Crippen LogP contribution in [0.25, 0.3) is 0 Å². The standard InChI is InChI=1S/C18H24F3N3O4/c1-12-8-24(9-13(2)27-12)17(26)11-23(3)10-16(25)22-14-4-6-15(7-5-14)28-18(19,20)21/h4-7,12-13H,8-11H2,1-3H3,(H,22,25)/t12-,13+. The number of hydrogen-bond donors (Lipinski definition) is 1. The van der Waals surface area contributed by atoms with Crippen LogP contribution in [-0.4, -0.2) is 73.4 Å². The van der Waals surface area contributed by atoms with E-state index in [1.807, 2.05) is 13.8 Å². The van der Waals surface area contributed by atoms with Crippen molar-refractivity contribution in [1.29, 1.82) is 0 Å². The van der Waals surface area contributed by atoms with E-state index < -0.39 is 6.36 Å². The van der Waals surface area contributed by atoms with Crippen molar-refractivity contribution in [2.24, 2.45) is 0 Å². The lowest BCUT2D eigenvalue weighted by Crippen LogP contribution is -2.51. The fraction of sp³-hybridized carbons (Fsp3) is 0.556. The van der Waals surface area contributed by atoms with Crippen molar-refractivity contribution >= 4 is 17.5 Å². The molecule has 2 amide bonds. The molecule has 2 atom stereocenters. The monoisotopic (exact) mass is 403 g/mol. The van der Waals surface area contributed by atoms with E-state index in [-0.39, 0.29) is 42.9 Å². The lowest BCUT2D eigenvalue weighted by molar-refractivity contribution is -0.274. The van der Waals surface area contributed by atoms with Gasteiger partial charge in [0.05, 0.1) is 25.3 Å². The Morgan fingerprint density at radius 3 is 2.29 bits per heavy atom. The van der Waals surface area contributed by atoms with E-state index in [9.17, 15) is 22.8 Å². The number of amides is 2. The Balaban J connectivity index is 1.79. The number of ether oxygens (including phenoxy) is 2. The number of morpholine rings is 1. The third-order valence-electron chi connectivity index (χ3n) is 3.96. The molecule has 0 bridgehead atoms.